The molecule has 2 rings (SSSR count). The second-order valence-electron chi connectivity index (χ2n) is 5.77. The molecular formula is C16H22N2O5. The van der Waals surface area contributed by atoms with E-state index in [-0.39, 0.29) is 12.6 Å². The van der Waals surface area contributed by atoms with Crippen LogP contribution in [0, 0.1) is 5.41 Å². The number of urea groups is 1. The van der Waals surface area contributed by atoms with E-state index in [0.29, 0.717) is 36.8 Å². The maximum absolute atomic E-state index is 12.3. The Labute approximate surface area is 135 Å². The molecular weight excluding hydrogens is 300 g/mol. The van der Waals surface area contributed by atoms with Gasteiger partial charge in [-0.1, -0.05) is 0 Å². The third-order valence-corrected chi connectivity index (χ3v) is 3.99. The fraction of sp³-hybridized carbons (Fsp3) is 0.500. The number of nitrogens with zero attached hydrogens (tertiary/aromatic N) is 1. The van der Waals surface area contributed by atoms with Gasteiger partial charge in [0.1, 0.15) is 0 Å². The van der Waals surface area contributed by atoms with Gasteiger partial charge in [-0.3, -0.25) is 4.79 Å². The first-order chi connectivity index (χ1) is 10.9. The van der Waals surface area contributed by atoms with Crippen molar-refractivity contribution in [2.24, 2.45) is 5.41 Å². The van der Waals surface area contributed by atoms with Crippen molar-refractivity contribution in [2.75, 3.05) is 32.1 Å². The molecule has 7 nitrogen and oxygen atoms in total. The van der Waals surface area contributed by atoms with Gasteiger partial charge in [0.05, 0.1) is 19.1 Å². The number of anilines is 1. The number of carbonyl (C=O) groups is 2. The highest BCUT2D eigenvalue weighted by molar-refractivity contribution is 5.90. The predicted octanol–water partition coefficient (Wildman–Crippen LogP) is 2.42. The molecule has 0 bridgehead atoms. The van der Waals surface area contributed by atoms with E-state index in [0.717, 1.165) is 0 Å². The second kappa shape index (κ2) is 6.76. The number of carboxylic acid groups (broad SMARTS) is 1. The van der Waals surface area contributed by atoms with Crippen molar-refractivity contribution < 1.29 is 24.2 Å². The number of hydrogen-bond acceptors (Lipinski definition) is 4. The summed E-state index contributed by atoms with van der Waals surface area (Å²) in [7, 11) is 1.55. The molecule has 1 unspecified atom stereocenters. The molecule has 0 aromatic heterocycles. The molecule has 1 heterocycles. The summed E-state index contributed by atoms with van der Waals surface area (Å²) in [6, 6.07) is 4.80. The van der Waals surface area contributed by atoms with Crippen LogP contribution in [0.3, 0.4) is 0 Å². The lowest BCUT2D eigenvalue weighted by Gasteiger charge is -2.21. The van der Waals surface area contributed by atoms with Gasteiger partial charge in [-0.25, -0.2) is 4.79 Å². The first kappa shape index (κ1) is 16.9. The van der Waals surface area contributed by atoms with Crippen LogP contribution in [0.5, 0.6) is 11.5 Å². The minimum absolute atomic E-state index is 0.197. The van der Waals surface area contributed by atoms with Gasteiger partial charge < -0.3 is 24.8 Å². The van der Waals surface area contributed by atoms with E-state index in [9.17, 15) is 14.7 Å². The average molecular weight is 322 g/mol. The fourth-order valence-electron chi connectivity index (χ4n) is 2.53. The van der Waals surface area contributed by atoms with Crippen molar-refractivity contribution >= 4 is 17.7 Å². The first-order valence-corrected chi connectivity index (χ1v) is 7.50. The molecule has 0 saturated carbocycles. The number of aliphatic carboxylic acids is 1. The summed E-state index contributed by atoms with van der Waals surface area (Å²) in [6.45, 7) is 4.62. The molecule has 0 aliphatic carbocycles. The van der Waals surface area contributed by atoms with E-state index in [1.54, 1.807) is 32.2 Å². The van der Waals surface area contributed by atoms with Crippen LogP contribution >= 0.6 is 0 Å². The molecule has 1 aliphatic rings. The first-order valence-electron chi connectivity index (χ1n) is 7.50. The normalized spacial score (nSPS) is 20.2. The smallest absolute Gasteiger partial charge is 0.321 e. The van der Waals surface area contributed by atoms with Crippen LogP contribution in [0.4, 0.5) is 10.5 Å². The summed E-state index contributed by atoms with van der Waals surface area (Å²) < 4.78 is 10.7. The third kappa shape index (κ3) is 3.67. The SMILES string of the molecule is CCOc1cc(NC(=O)N2CCC(C)(C(=O)O)C2)ccc1OC. The number of nitrogens with one attached hydrogen (secondary N) is 1. The van der Waals surface area contributed by atoms with E-state index in [4.69, 9.17) is 9.47 Å². The van der Waals surface area contributed by atoms with Crippen LogP contribution in [0.2, 0.25) is 0 Å². The standard InChI is InChI=1S/C16H22N2O5/c1-4-23-13-9-11(5-6-12(13)22-3)17-15(21)18-8-7-16(2,10-18)14(19)20/h5-6,9H,4,7-8,10H2,1-3H3,(H,17,21)(H,19,20). The number of amides is 2. The Balaban J connectivity index is 2.06. The van der Waals surface area contributed by atoms with Crippen molar-refractivity contribution in [1.29, 1.82) is 0 Å². The number of rotatable bonds is 5. The van der Waals surface area contributed by atoms with Crippen LogP contribution < -0.4 is 14.8 Å². The maximum Gasteiger partial charge on any atom is 0.321 e. The Morgan fingerprint density at radius 2 is 2.13 bits per heavy atom. The predicted molar refractivity (Wildman–Crippen MR) is 85.1 cm³/mol. The largest absolute Gasteiger partial charge is 0.493 e. The van der Waals surface area contributed by atoms with Gasteiger partial charge in [-0.2, -0.15) is 0 Å². The summed E-state index contributed by atoms with van der Waals surface area (Å²) in [5, 5.41) is 12.0. The number of carboxylic acids is 1. The number of carbonyl (C=O) groups excluding carboxylic acids is 1. The van der Waals surface area contributed by atoms with E-state index in [1.807, 2.05) is 6.92 Å². The lowest BCUT2D eigenvalue weighted by molar-refractivity contribution is -0.146. The van der Waals surface area contributed by atoms with E-state index in [1.165, 1.54) is 4.90 Å². The molecule has 2 N–H and O–H groups in total. The molecule has 1 saturated heterocycles. The topological polar surface area (TPSA) is 88.1 Å². The zero-order valence-corrected chi connectivity index (χ0v) is 13.6. The number of ether oxygens (including phenoxy) is 2. The molecule has 7 heteroatoms. The summed E-state index contributed by atoms with van der Waals surface area (Å²) in [4.78, 5) is 25.1. The molecule has 1 fully saturated rings. The van der Waals surface area contributed by atoms with E-state index in [2.05, 4.69) is 5.32 Å². The fourth-order valence-corrected chi connectivity index (χ4v) is 2.53. The van der Waals surface area contributed by atoms with Crippen molar-refractivity contribution in [3.8, 4) is 11.5 Å². The molecule has 0 spiro atoms. The molecule has 23 heavy (non-hydrogen) atoms. The van der Waals surface area contributed by atoms with Gasteiger partial charge in [-0.05, 0) is 32.4 Å². The van der Waals surface area contributed by atoms with E-state index >= 15 is 0 Å². The van der Waals surface area contributed by atoms with Gasteiger partial charge in [0.15, 0.2) is 11.5 Å². The van der Waals surface area contributed by atoms with Crippen LogP contribution in [0.15, 0.2) is 18.2 Å². The minimum atomic E-state index is -0.881. The second-order valence-corrected chi connectivity index (χ2v) is 5.77. The Hall–Kier alpha value is -2.44. The molecule has 1 aromatic carbocycles. The van der Waals surface area contributed by atoms with Gasteiger partial charge in [0, 0.05) is 24.8 Å². The molecule has 0 radical (unpaired) electrons. The minimum Gasteiger partial charge on any atom is -0.493 e. The summed E-state index contributed by atoms with van der Waals surface area (Å²) >= 11 is 0. The van der Waals surface area contributed by atoms with E-state index < -0.39 is 11.4 Å². The monoisotopic (exact) mass is 322 g/mol. The third-order valence-electron chi connectivity index (χ3n) is 3.99. The van der Waals surface area contributed by atoms with Crippen molar-refractivity contribution in [1.82, 2.24) is 4.90 Å². The zero-order valence-electron chi connectivity index (χ0n) is 13.6. The molecule has 1 aliphatic heterocycles. The molecule has 2 amide bonds. The van der Waals surface area contributed by atoms with Gasteiger partial charge in [-0.15, -0.1) is 0 Å². The van der Waals surface area contributed by atoms with Gasteiger partial charge in [0.25, 0.3) is 0 Å². The van der Waals surface area contributed by atoms with Crippen LogP contribution in [-0.2, 0) is 4.79 Å². The van der Waals surface area contributed by atoms with Crippen molar-refractivity contribution in [3.63, 3.8) is 0 Å². The Morgan fingerprint density at radius 3 is 2.70 bits per heavy atom. The highest BCUT2D eigenvalue weighted by Crippen LogP contribution is 2.32. The van der Waals surface area contributed by atoms with Crippen molar-refractivity contribution in [3.05, 3.63) is 18.2 Å². The lowest BCUT2D eigenvalue weighted by atomic mass is 9.90. The van der Waals surface area contributed by atoms with Gasteiger partial charge >= 0.3 is 12.0 Å². The molecule has 1 aromatic rings. The Morgan fingerprint density at radius 1 is 1.39 bits per heavy atom. The molecule has 126 valence electrons. The summed E-state index contributed by atoms with van der Waals surface area (Å²) in [6.07, 6.45) is 0.447. The number of benzene rings is 1. The zero-order chi connectivity index (χ0) is 17.0. The average Bonchev–Trinajstić information content (AvgIpc) is 2.92. The van der Waals surface area contributed by atoms with Crippen LogP contribution in [-0.4, -0.2) is 48.8 Å². The number of methoxy groups -OCH3 is 1. The highest BCUT2D eigenvalue weighted by atomic mass is 16.5. The number of hydrogen-bond donors (Lipinski definition) is 2. The van der Waals surface area contributed by atoms with Crippen molar-refractivity contribution in [2.45, 2.75) is 20.3 Å². The highest BCUT2D eigenvalue weighted by Gasteiger charge is 2.42. The molecule has 1 atom stereocenters. The van der Waals surface area contributed by atoms with Gasteiger partial charge in [0.2, 0.25) is 0 Å². The Kier molecular flexibility index (Phi) is 4.98. The maximum atomic E-state index is 12.3. The number of likely N-dealkylation sites (tertiary alicyclic amines) is 1. The lowest BCUT2D eigenvalue weighted by Crippen LogP contribution is -2.37. The quantitative estimate of drug-likeness (QED) is 0.869. The van der Waals surface area contributed by atoms with Crippen LogP contribution in [0.25, 0.3) is 0 Å². The van der Waals surface area contributed by atoms with Crippen LogP contribution in [0.1, 0.15) is 20.3 Å². The summed E-state index contributed by atoms with van der Waals surface area (Å²) in [5.74, 6) is 0.255. The summed E-state index contributed by atoms with van der Waals surface area (Å²) in [5.41, 5.74) is -0.309. The Bertz CT molecular complexity index is 604.